The van der Waals surface area contributed by atoms with Crippen LogP contribution in [0.15, 0.2) is 46.9 Å². The lowest BCUT2D eigenvalue weighted by molar-refractivity contribution is 0.0729. The maximum Gasteiger partial charge on any atom is 0.255 e. The van der Waals surface area contributed by atoms with Crippen LogP contribution in [0.5, 0.6) is 0 Å². The molecule has 1 heterocycles. The maximum atomic E-state index is 12.9. The van der Waals surface area contributed by atoms with Crippen LogP contribution in [0.2, 0.25) is 15.1 Å². The van der Waals surface area contributed by atoms with Crippen LogP contribution >= 0.6 is 34.8 Å². The van der Waals surface area contributed by atoms with E-state index >= 15 is 0 Å². The Bertz CT molecular complexity index is 959. The lowest BCUT2D eigenvalue weighted by Gasteiger charge is -2.21. The van der Waals surface area contributed by atoms with Crippen LogP contribution in [0.3, 0.4) is 0 Å². The number of hydrogen-bond acceptors (Lipinski definition) is 4. The van der Waals surface area contributed by atoms with Crippen LogP contribution in [0, 0.1) is 0 Å². The molecular formula is C19H16Cl3N3O2. The predicted octanol–water partition coefficient (Wildman–Crippen LogP) is 5.75. The molecule has 3 rings (SSSR count). The van der Waals surface area contributed by atoms with Gasteiger partial charge in [0.15, 0.2) is 0 Å². The van der Waals surface area contributed by atoms with Crippen LogP contribution < -0.4 is 0 Å². The number of rotatable bonds is 6. The Balaban J connectivity index is 1.84. The van der Waals surface area contributed by atoms with E-state index in [0.717, 1.165) is 6.42 Å². The van der Waals surface area contributed by atoms with Gasteiger partial charge in [0.2, 0.25) is 11.8 Å². The monoisotopic (exact) mass is 423 g/mol. The van der Waals surface area contributed by atoms with Crippen LogP contribution in [0.1, 0.15) is 29.6 Å². The Kier molecular flexibility index (Phi) is 6.37. The van der Waals surface area contributed by atoms with E-state index in [1.165, 1.54) is 0 Å². The van der Waals surface area contributed by atoms with E-state index in [9.17, 15) is 4.79 Å². The average molecular weight is 425 g/mol. The molecule has 2 aromatic carbocycles. The number of halogens is 3. The summed E-state index contributed by atoms with van der Waals surface area (Å²) in [5, 5.41) is 9.16. The molecule has 0 aliphatic carbocycles. The molecule has 0 radical (unpaired) electrons. The Morgan fingerprint density at radius 3 is 2.52 bits per heavy atom. The van der Waals surface area contributed by atoms with Crippen molar-refractivity contribution < 1.29 is 9.21 Å². The molecule has 0 saturated carbocycles. The summed E-state index contributed by atoms with van der Waals surface area (Å²) >= 11 is 18.4. The normalized spacial score (nSPS) is 10.8. The van der Waals surface area contributed by atoms with Crippen LogP contribution in [0.4, 0.5) is 0 Å². The van der Waals surface area contributed by atoms with Gasteiger partial charge in [-0.1, -0.05) is 59.9 Å². The second-order valence-electron chi connectivity index (χ2n) is 5.81. The van der Waals surface area contributed by atoms with E-state index < -0.39 is 0 Å². The maximum absolute atomic E-state index is 12.9. The topological polar surface area (TPSA) is 59.2 Å². The fraction of sp³-hybridized carbons (Fsp3) is 0.211. The standard InChI is InChI=1S/C19H16Cl3N3O2/c1-2-10-25(19(26)13-7-5-9-15(21)17(13)22)11-16-23-24-18(27-16)12-6-3-4-8-14(12)20/h3-9H,2,10-11H2,1H3. The Hall–Kier alpha value is -2.08. The largest absolute Gasteiger partial charge is 0.419 e. The van der Waals surface area contributed by atoms with Gasteiger partial charge in [0.05, 0.1) is 32.7 Å². The second-order valence-corrected chi connectivity index (χ2v) is 7.00. The molecule has 0 aliphatic rings. The first kappa shape index (κ1) is 19.7. The number of amides is 1. The van der Waals surface area contributed by atoms with Gasteiger partial charge in [0, 0.05) is 6.54 Å². The van der Waals surface area contributed by atoms with E-state index in [1.54, 1.807) is 35.2 Å². The summed E-state index contributed by atoms with van der Waals surface area (Å²) in [6.45, 7) is 2.64. The van der Waals surface area contributed by atoms with Gasteiger partial charge in [-0.2, -0.15) is 0 Å². The molecule has 0 aliphatic heterocycles. The minimum Gasteiger partial charge on any atom is -0.419 e. The molecule has 5 nitrogen and oxygen atoms in total. The van der Waals surface area contributed by atoms with Gasteiger partial charge in [0.1, 0.15) is 0 Å². The van der Waals surface area contributed by atoms with Crippen LogP contribution in [-0.4, -0.2) is 27.5 Å². The minimum atomic E-state index is -0.248. The summed E-state index contributed by atoms with van der Waals surface area (Å²) in [6, 6.07) is 12.2. The van der Waals surface area contributed by atoms with E-state index in [4.69, 9.17) is 39.2 Å². The molecule has 0 atom stereocenters. The van der Waals surface area contributed by atoms with Crippen molar-refractivity contribution in [3.8, 4) is 11.5 Å². The molecule has 27 heavy (non-hydrogen) atoms. The summed E-state index contributed by atoms with van der Waals surface area (Å²) in [4.78, 5) is 14.5. The lowest BCUT2D eigenvalue weighted by atomic mass is 10.2. The fourth-order valence-corrected chi connectivity index (χ4v) is 3.18. The molecule has 1 amide bonds. The third-order valence-corrected chi connectivity index (χ3v) is 5.01. The predicted molar refractivity (Wildman–Crippen MR) is 106 cm³/mol. The van der Waals surface area contributed by atoms with Crippen molar-refractivity contribution in [2.24, 2.45) is 0 Å². The lowest BCUT2D eigenvalue weighted by Crippen LogP contribution is -2.31. The Morgan fingerprint density at radius 2 is 1.78 bits per heavy atom. The molecule has 0 bridgehead atoms. The summed E-state index contributed by atoms with van der Waals surface area (Å²) in [6.07, 6.45) is 0.759. The van der Waals surface area contributed by atoms with Gasteiger partial charge in [0.25, 0.3) is 5.91 Å². The highest BCUT2D eigenvalue weighted by molar-refractivity contribution is 6.43. The molecule has 0 saturated heterocycles. The smallest absolute Gasteiger partial charge is 0.255 e. The summed E-state index contributed by atoms with van der Waals surface area (Å²) in [5.74, 6) is 0.368. The summed E-state index contributed by atoms with van der Waals surface area (Å²) in [5.41, 5.74) is 0.979. The molecule has 3 aromatic rings. The number of nitrogens with zero attached hydrogens (tertiary/aromatic N) is 3. The average Bonchev–Trinajstić information content (AvgIpc) is 3.12. The van der Waals surface area contributed by atoms with Crippen molar-refractivity contribution in [3.05, 3.63) is 69.0 Å². The molecule has 0 spiro atoms. The molecule has 0 fully saturated rings. The SMILES string of the molecule is CCCN(Cc1nnc(-c2ccccc2Cl)o1)C(=O)c1cccc(Cl)c1Cl. The third-order valence-electron chi connectivity index (χ3n) is 3.86. The van der Waals surface area contributed by atoms with Crippen molar-refractivity contribution in [2.45, 2.75) is 19.9 Å². The van der Waals surface area contributed by atoms with Gasteiger partial charge in [-0.25, -0.2) is 0 Å². The van der Waals surface area contributed by atoms with Crippen LogP contribution in [-0.2, 0) is 6.54 Å². The molecule has 8 heteroatoms. The van der Waals surface area contributed by atoms with Gasteiger partial charge in [-0.3, -0.25) is 4.79 Å². The fourth-order valence-electron chi connectivity index (χ4n) is 2.59. The minimum absolute atomic E-state index is 0.160. The van der Waals surface area contributed by atoms with Gasteiger partial charge < -0.3 is 9.32 Å². The highest BCUT2D eigenvalue weighted by atomic mass is 35.5. The van der Waals surface area contributed by atoms with Gasteiger partial charge >= 0.3 is 0 Å². The molecule has 0 N–H and O–H groups in total. The second kappa shape index (κ2) is 8.74. The highest BCUT2D eigenvalue weighted by Crippen LogP contribution is 2.28. The quantitative estimate of drug-likeness (QED) is 0.505. The molecule has 1 aromatic heterocycles. The van der Waals surface area contributed by atoms with E-state index in [1.807, 2.05) is 19.1 Å². The zero-order valence-electron chi connectivity index (χ0n) is 14.5. The Morgan fingerprint density at radius 1 is 1.04 bits per heavy atom. The Labute approximate surface area is 171 Å². The molecule has 140 valence electrons. The number of hydrogen-bond donors (Lipinski definition) is 0. The summed E-state index contributed by atoms with van der Waals surface area (Å²) < 4.78 is 5.71. The van der Waals surface area contributed by atoms with E-state index in [0.29, 0.717) is 39.5 Å². The first-order valence-electron chi connectivity index (χ1n) is 8.31. The third kappa shape index (κ3) is 4.43. The van der Waals surface area contributed by atoms with Gasteiger partial charge in [-0.15, -0.1) is 10.2 Å². The number of carbonyl (C=O) groups is 1. The van der Waals surface area contributed by atoms with E-state index in [2.05, 4.69) is 10.2 Å². The van der Waals surface area contributed by atoms with Crippen molar-refractivity contribution in [2.75, 3.05) is 6.54 Å². The van der Waals surface area contributed by atoms with Crippen molar-refractivity contribution in [3.63, 3.8) is 0 Å². The summed E-state index contributed by atoms with van der Waals surface area (Å²) in [7, 11) is 0. The van der Waals surface area contributed by atoms with Crippen LogP contribution in [0.25, 0.3) is 11.5 Å². The molecule has 0 unspecified atom stereocenters. The zero-order valence-corrected chi connectivity index (χ0v) is 16.7. The van der Waals surface area contributed by atoms with Crippen molar-refractivity contribution in [1.82, 2.24) is 15.1 Å². The van der Waals surface area contributed by atoms with Crippen molar-refractivity contribution in [1.29, 1.82) is 0 Å². The zero-order chi connectivity index (χ0) is 19.4. The van der Waals surface area contributed by atoms with Crippen molar-refractivity contribution >= 4 is 40.7 Å². The number of aromatic nitrogens is 2. The number of carbonyl (C=O) groups excluding carboxylic acids is 1. The van der Waals surface area contributed by atoms with Gasteiger partial charge in [-0.05, 0) is 30.7 Å². The first-order chi connectivity index (χ1) is 13.0. The number of benzene rings is 2. The molecular weight excluding hydrogens is 409 g/mol. The van der Waals surface area contributed by atoms with E-state index in [-0.39, 0.29) is 17.5 Å². The highest BCUT2D eigenvalue weighted by Gasteiger charge is 2.22. The first-order valence-corrected chi connectivity index (χ1v) is 9.45.